The molecule has 0 radical (unpaired) electrons. The first-order valence-corrected chi connectivity index (χ1v) is 11.1. The highest BCUT2D eigenvalue weighted by atomic mass is 16.2. The lowest BCUT2D eigenvalue weighted by molar-refractivity contribution is -0.117. The molecular weight excluding hydrogens is 346 g/mol. The zero-order chi connectivity index (χ0) is 21.9. The van der Waals surface area contributed by atoms with Crippen LogP contribution < -0.4 is 0 Å². The van der Waals surface area contributed by atoms with E-state index in [1.807, 2.05) is 33.8 Å². The Labute approximate surface area is 179 Å². The molecule has 3 nitrogen and oxygen atoms in total. The van der Waals surface area contributed by atoms with Crippen LogP contribution in [0.3, 0.4) is 0 Å². The summed E-state index contributed by atoms with van der Waals surface area (Å²) in [7, 11) is 0. The van der Waals surface area contributed by atoms with Crippen LogP contribution in [0.15, 0.2) is 25.5 Å². The molecule has 0 aromatic heterocycles. The molecule has 1 aliphatic heterocycles. The van der Waals surface area contributed by atoms with Gasteiger partial charge in [-0.2, -0.15) is 0 Å². The Kier molecular flexibility index (Phi) is 49.4. The lowest BCUT2D eigenvalue weighted by Gasteiger charge is -2.14. The van der Waals surface area contributed by atoms with Crippen molar-refractivity contribution in [1.82, 2.24) is 4.90 Å². The standard InChI is InChI=1S/C12H23NO.C6H12.C2H4O.2C2H6.CH4/c1-11-7-9-13(10-11)8-5-3-4-6-12(2)14;1-3-5-6-4-2;1-2-3;2*1-2;/h11H,3-10H2,1-2H3;3H,1,4-6H2,2H3;2-3H,1H2;2*1-2H3;1H4. The van der Waals surface area contributed by atoms with Gasteiger partial charge in [0.25, 0.3) is 0 Å². The Morgan fingerprint density at radius 2 is 1.64 bits per heavy atom. The van der Waals surface area contributed by atoms with Gasteiger partial charge in [-0.15, -0.1) is 6.58 Å². The first-order chi connectivity index (χ1) is 13.0. The third-order valence-corrected chi connectivity index (χ3v) is 3.77. The smallest absolute Gasteiger partial charge is 0.129 e. The molecule has 0 aliphatic carbocycles. The number of nitrogens with zero attached hydrogens (tertiary/aromatic N) is 1. The molecule has 1 saturated heterocycles. The summed E-state index contributed by atoms with van der Waals surface area (Å²) in [6.07, 6.45) is 12.2. The van der Waals surface area contributed by atoms with E-state index in [-0.39, 0.29) is 7.43 Å². The fourth-order valence-corrected chi connectivity index (χ4v) is 2.46. The van der Waals surface area contributed by atoms with Crippen LogP contribution in [0.4, 0.5) is 0 Å². The average molecular weight is 402 g/mol. The van der Waals surface area contributed by atoms with Gasteiger partial charge < -0.3 is 14.8 Å². The molecule has 0 aromatic carbocycles. The lowest BCUT2D eigenvalue weighted by Crippen LogP contribution is -2.21. The molecule has 1 N–H and O–H groups in total. The molecule has 1 unspecified atom stereocenters. The van der Waals surface area contributed by atoms with E-state index in [1.54, 1.807) is 6.92 Å². The van der Waals surface area contributed by atoms with E-state index in [4.69, 9.17) is 5.11 Å². The summed E-state index contributed by atoms with van der Waals surface area (Å²) >= 11 is 0. The van der Waals surface area contributed by atoms with Gasteiger partial charge >= 0.3 is 0 Å². The number of rotatable bonds is 9. The Morgan fingerprint density at radius 3 is 1.96 bits per heavy atom. The van der Waals surface area contributed by atoms with Crippen LogP contribution in [0.1, 0.15) is 107 Å². The SMILES string of the molecule is C.C=CCCCC.C=CO.CC.CC.CC(=O)CCCCCN1CCC(C)C1. The topological polar surface area (TPSA) is 40.5 Å². The van der Waals surface area contributed by atoms with Crippen LogP contribution >= 0.6 is 0 Å². The minimum absolute atomic E-state index is 0. The fraction of sp³-hybridized carbons (Fsp3) is 0.800. The van der Waals surface area contributed by atoms with Gasteiger partial charge in [0.1, 0.15) is 5.78 Å². The highest BCUT2D eigenvalue weighted by molar-refractivity contribution is 5.75. The molecule has 0 amide bonds. The van der Waals surface area contributed by atoms with Crippen molar-refractivity contribution >= 4 is 5.78 Å². The molecule has 0 spiro atoms. The number of hydrogen-bond donors (Lipinski definition) is 1. The van der Waals surface area contributed by atoms with Gasteiger partial charge in [0.05, 0.1) is 6.26 Å². The number of likely N-dealkylation sites (tertiary alicyclic amines) is 1. The summed E-state index contributed by atoms with van der Waals surface area (Å²) < 4.78 is 0. The zero-order valence-electron chi connectivity index (χ0n) is 19.7. The maximum absolute atomic E-state index is 10.7. The van der Waals surface area contributed by atoms with Gasteiger partial charge in [0.2, 0.25) is 0 Å². The number of carbonyl (C=O) groups is 1. The highest BCUT2D eigenvalue weighted by Gasteiger charge is 2.17. The van der Waals surface area contributed by atoms with Crippen molar-refractivity contribution in [1.29, 1.82) is 0 Å². The molecule has 172 valence electrons. The molecule has 1 atom stereocenters. The quantitative estimate of drug-likeness (QED) is 0.240. The third kappa shape index (κ3) is 39.8. The number of allylic oxidation sites excluding steroid dienone is 1. The van der Waals surface area contributed by atoms with E-state index in [1.165, 1.54) is 58.2 Å². The molecule has 0 aromatic rings. The minimum atomic E-state index is 0. The number of aliphatic hydroxyl groups excluding tert-OH is 1. The van der Waals surface area contributed by atoms with Gasteiger partial charge in [-0.3, -0.25) is 0 Å². The predicted molar refractivity (Wildman–Crippen MR) is 131 cm³/mol. The molecule has 0 saturated carbocycles. The Morgan fingerprint density at radius 1 is 1.11 bits per heavy atom. The number of aliphatic hydroxyl groups is 1. The molecule has 28 heavy (non-hydrogen) atoms. The van der Waals surface area contributed by atoms with Crippen molar-refractivity contribution < 1.29 is 9.90 Å². The van der Waals surface area contributed by atoms with Crippen molar-refractivity contribution in [3.63, 3.8) is 0 Å². The van der Waals surface area contributed by atoms with Crippen LogP contribution in [0.2, 0.25) is 0 Å². The molecular formula is C25H55NO2. The molecule has 1 fully saturated rings. The van der Waals surface area contributed by atoms with Crippen LogP contribution in [0, 0.1) is 5.92 Å². The second-order valence-corrected chi connectivity index (χ2v) is 6.32. The van der Waals surface area contributed by atoms with E-state index < -0.39 is 0 Å². The molecule has 3 heteroatoms. The lowest BCUT2D eigenvalue weighted by atomic mass is 10.1. The summed E-state index contributed by atoms with van der Waals surface area (Å²) in [5.41, 5.74) is 0. The van der Waals surface area contributed by atoms with Crippen LogP contribution in [0.25, 0.3) is 0 Å². The molecule has 0 bridgehead atoms. The van der Waals surface area contributed by atoms with Crippen LogP contribution in [0.5, 0.6) is 0 Å². The number of Topliss-reactive ketones (excluding diaryl/α,β-unsaturated/α-hetero) is 1. The van der Waals surface area contributed by atoms with Gasteiger partial charge in [-0.25, -0.2) is 0 Å². The van der Waals surface area contributed by atoms with E-state index in [0.29, 0.717) is 5.78 Å². The average Bonchev–Trinajstić information content (AvgIpc) is 3.09. The first-order valence-electron chi connectivity index (χ1n) is 11.1. The van der Waals surface area contributed by atoms with Crippen molar-refractivity contribution in [3.05, 3.63) is 25.5 Å². The second-order valence-electron chi connectivity index (χ2n) is 6.32. The predicted octanol–water partition coefficient (Wildman–Crippen LogP) is 8.22. The number of carbonyl (C=O) groups excluding carboxylic acids is 1. The van der Waals surface area contributed by atoms with Gasteiger partial charge in [-0.05, 0) is 51.6 Å². The summed E-state index contributed by atoms with van der Waals surface area (Å²) in [5.74, 6) is 1.23. The second kappa shape index (κ2) is 36.8. The Bertz CT molecular complexity index is 290. The fourth-order valence-electron chi connectivity index (χ4n) is 2.46. The first kappa shape index (κ1) is 37.6. The van der Waals surface area contributed by atoms with E-state index in [0.717, 1.165) is 25.0 Å². The maximum atomic E-state index is 10.7. The van der Waals surface area contributed by atoms with Gasteiger partial charge in [-0.1, -0.05) is 80.9 Å². The summed E-state index contributed by atoms with van der Waals surface area (Å²) in [6.45, 7) is 24.5. The van der Waals surface area contributed by atoms with Crippen molar-refractivity contribution in [2.75, 3.05) is 19.6 Å². The Balaban J connectivity index is -0.000000106. The molecule has 1 aliphatic rings. The van der Waals surface area contributed by atoms with E-state index in [9.17, 15) is 4.79 Å². The number of ketones is 1. The van der Waals surface area contributed by atoms with Crippen LogP contribution in [-0.4, -0.2) is 35.4 Å². The summed E-state index contributed by atoms with van der Waals surface area (Å²) in [4.78, 5) is 13.2. The highest BCUT2D eigenvalue weighted by Crippen LogP contribution is 2.15. The third-order valence-electron chi connectivity index (χ3n) is 3.77. The van der Waals surface area contributed by atoms with Crippen molar-refractivity contribution in [2.45, 2.75) is 107 Å². The minimum Gasteiger partial charge on any atom is -0.516 e. The largest absolute Gasteiger partial charge is 0.516 e. The van der Waals surface area contributed by atoms with Crippen molar-refractivity contribution in [2.24, 2.45) is 5.92 Å². The summed E-state index contributed by atoms with van der Waals surface area (Å²) in [5, 5.41) is 7.33. The maximum Gasteiger partial charge on any atom is 0.129 e. The van der Waals surface area contributed by atoms with Gasteiger partial charge in [0, 0.05) is 13.0 Å². The van der Waals surface area contributed by atoms with Crippen LogP contribution in [-0.2, 0) is 4.79 Å². The van der Waals surface area contributed by atoms with Gasteiger partial charge in [0.15, 0.2) is 0 Å². The molecule has 1 rings (SSSR count). The van der Waals surface area contributed by atoms with Crippen molar-refractivity contribution in [3.8, 4) is 0 Å². The van der Waals surface area contributed by atoms with E-state index in [2.05, 4.69) is 31.9 Å². The Hall–Kier alpha value is -1.09. The zero-order valence-corrected chi connectivity index (χ0v) is 19.7. The summed E-state index contributed by atoms with van der Waals surface area (Å²) in [6, 6.07) is 0. The monoisotopic (exact) mass is 401 g/mol. The number of hydrogen-bond acceptors (Lipinski definition) is 3. The van der Waals surface area contributed by atoms with E-state index >= 15 is 0 Å². The number of unbranched alkanes of at least 4 members (excludes halogenated alkanes) is 4. The normalized spacial score (nSPS) is 14.0. The molecule has 1 heterocycles.